The fourth-order valence-corrected chi connectivity index (χ4v) is 2.03. The molecule has 0 N–H and O–H groups in total. The average Bonchev–Trinajstić information content (AvgIpc) is 2.20. The van der Waals surface area contributed by atoms with E-state index in [0.29, 0.717) is 17.5 Å². The van der Waals surface area contributed by atoms with E-state index >= 15 is 0 Å². The molecule has 0 saturated carbocycles. The zero-order chi connectivity index (χ0) is 11.3. The first-order valence-electron chi connectivity index (χ1n) is 4.54. The molecular weight excluding hydrogens is 234 g/mol. The average molecular weight is 246 g/mol. The summed E-state index contributed by atoms with van der Waals surface area (Å²) in [6.45, 7) is 4.13. The van der Waals surface area contributed by atoms with Gasteiger partial charge in [-0.05, 0) is 25.5 Å². The van der Waals surface area contributed by atoms with Gasteiger partial charge in [-0.1, -0.05) is 11.6 Å². The van der Waals surface area contributed by atoms with Crippen LogP contribution in [0.2, 0.25) is 5.15 Å². The van der Waals surface area contributed by atoms with Gasteiger partial charge in [0.2, 0.25) is 0 Å². The number of pyridine rings is 1. The van der Waals surface area contributed by atoms with Gasteiger partial charge < -0.3 is 4.74 Å². The number of esters is 1. The number of aromatic nitrogens is 1. The zero-order valence-corrected chi connectivity index (χ0v) is 10.2. The number of carbonyl (C=O) groups is 1. The third kappa shape index (κ3) is 4.10. The molecule has 1 aromatic heterocycles. The van der Waals surface area contributed by atoms with E-state index in [1.807, 2.05) is 6.92 Å². The Bertz CT molecular complexity index is 357. The highest BCUT2D eigenvalue weighted by atomic mass is 35.5. The second-order valence-corrected chi connectivity index (χ2v) is 4.27. The molecule has 15 heavy (non-hydrogen) atoms. The Kier molecular flexibility index (Phi) is 4.91. The summed E-state index contributed by atoms with van der Waals surface area (Å²) in [5.74, 6) is 0.0875. The number of rotatable bonds is 4. The molecule has 1 rings (SSSR count). The van der Waals surface area contributed by atoms with Crippen LogP contribution in [0.1, 0.15) is 12.5 Å². The van der Waals surface area contributed by atoms with Crippen molar-refractivity contribution in [3.8, 4) is 0 Å². The smallest absolute Gasteiger partial charge is 0.316 e. The van der Waals surface area contributed by atoms with Crippen LogP contribution in [0.3, 0.4) is 0 Å². The van der Waals surface area contributed by atoms with Gasteiger partial charge in [-0.2, -0.15) is 0 Å². The number of hydrogen-bond donors (Lipinski definition) is 0. The number of hydrogen-bond acceptors (Lipinski definition) is 4. The normalized spacial score (nSPS) is 10.1. The fourth-order valence-electron chi connectivity index (χ4n) is 0.976. The molecule has 0 fully saturated rings. The second-order valence-electron chi connectivity index (χ2n) is 2.87. The van der Waals surface area contributed by atoms with Crippen molar-refractivity contribution in [1.82, 2.24) is 4.98 Å². The van der Waals surface area contributed by atoms with Crippen LogP contribution in [0.15, 0.2) is 17.2 Å². The minimum absolute atomic E-state index is 0.213. The molecule has 0 aliphatic carbocycles. The molecule has 3 nitrogen and oxygen atoms in total. The van der Waals surface area contributed by atoms with Crippen molar-refractivity contribution in [3.63, 3.8) is 0 Å². The second kappa shape index (κ2) is 5.98. The maximum atomic E-state index is 11.1. The largest absolute Gasteiger partial charge is 0.465 e. The van der Waals surface area contributed by atoms with Crippen LogP contribution < -0.4 is 0 Å². The van der Waals surface area contributed by atoms with Gasteiger partial charge in [0.1, 0.15) is 5.15 Å². The van der Waals surface area contributed by atoms with Crippen LogP contribution in [0, 0.1) is 6.92 Å². The summed E-state index contributed by atoms with van der Waals surface area (Å²) in [4.78, 5) is 16.0. The van der Waals surface area contributed by atoms with Crippen molar-refractivity contribution < 1.29 is 9.53 Å². The van der Waals surface area contributed by atoms with Crippen LogP contribution in [0.5, 0.6) is 0 Å². The minimum Gasteiger partial charge on any atom is -0.465 e. The fraction of sp³-hybridized carbons (Fsp3) is 0.400. The molecule has 5 heteroatoms. The van der Waals surface area contributed by atoms with E-state index in [9.17, 15) is 4.79 Å². The number of thioether (sulfide) groups is 1. The maximum Gasteiger partial charge on any atom is 0.316 e. The van der Waals surface area contributed by atoms with Crippen LogP contribution in [-0.4, -0.2) is 23.3 Å². The first-order chi connectivity index (χ1) is 7.13. The topological polar surface area (TPSA) is 39.2 Å². The van der Waals surface area contributed by atoms with E-state index in [-0.39, 0.29) is 5.97 Å². The molecule has 0 bridgehead atoms. The highest BCUT2D eigenvalue weighted by molar-refractivity contribution is 8.00. The van der Waals surface area contributed by atoms with Gasteiger partial charge >= 0.3 is 5.97 Å². The summed E-state index contributed by atoms with van der Waals surface area (Å²) >= 11 is 7.16. The van der Waals surface area contributed by atoms with Gasteiger partial charge in [-0.3, -0.25) is 4.79 Å². The van der Waals surface area contributed by atoms with Gasteiger partial charge in [0, 0.05) is 11.1 Å². The van der Waals surface area contributed by atoms with Crippen LogP contribution in [0.25, 0.3) is 0 Å². The number of ether oxygens (including phenoxy) is 1. The number of carbonyl (C=O) groups excluding carboxylic acids is 1. The predicted octanol–water partition coefficient (Wildman–Crippen LogP) is 2.70. The lowest BCUT2D eigenvalue weighted by Gasteiger charge is -2.05. The van der Waals surface area contributed by atoms with Crippen molar-refractivity contribution in [1.29, 1.82) is 0 Å². The van der Waals surface area contributed by atoms with Gasteiger partial charge in [0.25, 0.3) is 0 Å². The van der Waals surface area contributed by atoms with Crippen molar-refractivity contribution in [2.24, 2.45) is 0 Å². The van der Waals surface area contributed by atoms with E-state index in [1.165, 1.54) is 11.8 Å². The molecule has 0 aliphatic rings. The number of nitrogens with zero attached hydrogens (tertiary/aromatic N) is 1. The molecule has 0 radical (unpaired) electrons. The van der Waals surface area contributed by atoms with E-state index in [4.69, 9.17) is 16.3 Å². The first-order valence-corrected chi connectivity index (χ1v) is 5.90. The summed E-state index contributed by atoms with van der Waals surface area (Å²) in [5.41, 5.74) is 1.01. The Hall–Kier alpha value is -0.740. The third-order valence-corrected chi connectivity index (χ3v) is 3.01. The molecule has 0 aliphatic heterocycles. The molecule has 0 amide bonds. The minimum atomic E-state index is -0.213. The molecule has 0 saturated heterocycles. The van der Waals surface area contributed by atoms with Crippen LogP contribution >= 0.6 is 23.4 Å². The van der Waals surface area contributed by atoms with Crippen molar-refractivity contribution in [3.05, 3.63) is 23.0 Å². The molecule has 0 aromatic carbocycles. The number of halogens is 1. The molecule has 1 aromatic rings. The first kappa shape index (κ1) is 12.3. The quantitative estimate of drug-likeness (QED) is 0.465. The highest BCUT2D eigenvalue weighted by Gasteiger charge is 2.06. The SMILES string of the molecule is CCOC(=O)CSc1cc(Cl)ncc1C. The van der Waals surface area contributed by atoms with E-state index in [1.54, 1.807) is 19.2 Å². The molecule has 0 atom stereocenters. The summed E-state index contributed by atoms with van der Waals surface area (Å²) in [7, 11) is 0. The maximum absolute atomic E-state index is 11.1. The molecule has 0 unspecified atom stereocenters. The summed E-state index contributed by atoms with van der Waals surface area (Å²) in [6, 6.07) is 1.75. The van der Waals surface area contributed by atoms with Crippen LogP contribution in [-0.2, 0) is 9.53 Å². The molecule has 0 spiro atoms. The lowest BCUT2D eigenvalue weighted by atomic mass is 10.3. The lowest BCUT2D eigenvalue weighted by Crippen LogP contribution is -2.06. The summed E-state index contributed by atoms with van der Waals surface area (Å²) in [6.07, 6.45) is 1.69. The Morgan fingerprint density at radius 2 is 2.40 bits per heavy atom. The van der Waals surface area contributed by atoms with E-state index in [2.05, 4.69) is 4.98 Å². The number of aryl methyl sites for hydroxylation is 1. The van der Waals surface area contributed by atoms with Crippen molar-refractivity contribution in [2.75, 3.05) is 12.4 Å². The molecular formula is C10H12ClNO2S. The standard InChI is InChI=1S/C10H12ClNO2S/c1-3-14-10(13)6-15-8-4-9(11)12-5-7(8)2/h4-5H,3,6H2,1-2H3. The lowest BCUT2D eigenvalue weighted by molar-refractivity contribution is -0.139. The highest BCUT2D eigenvalue weighted by Crippen LogP contribution is 2.24. The Balaban J connectivity index is 2.57. The zero-order valence-electron chi connectivity index (χ0n) is 8.62. The molecule has 82 valence electrons. The third-order valence-electron chi connectivity index (χ3n) is 1.67. The van der Waals surface area contributed by atoms with Gasteiger partial charge in [0.05, 0.1) is 12.4 Å². The van der Waals surface area contributed by atoms with E-state index in [0.717, 1.165) is 10.5 Å². The van der Waals surface area contributed by atoms with E-state index < -0.39 is 0 Å². The van der Waals surface area contributed by atoms with Gasteiger partial charge in [-0.25, -0.2) is 4.98 Å². The monoisotopic (exact) mass is 245 g/mol. The Morgan fingerprint density at radius 3 is 3.07 bits per heavy atom. The molecule has 1 heterocycles. The summed E-state index contributed by atoms with van der Waals surface area (Å²) in [5, 5.41) is 0.437. The Labute approximate surface area is 98.2 Å². The Morgan fingerprint density at radius 1 is 1.67 bits per heavy atom. The van der Waals surface area contributed by atoms with Crippen LogP contribution in [0.4, 0.5) is 0 Å². The van der Waals surface area contributed by atoms with Crippen molar-refractivity contribution in [2.45, 2.75) is 18.7 Å². The predicted molar refractivity (Wildman–Crippen MR) is 61.3 cm³/mol. The van der Waals surface area contributed by atoms with Gasteiger partial charge in [-0.15, -0.1) is 11.8 Å². The van der Waals surface area contributed by atoms with Crippen molar-refractivity contribution >= 4 is 29.3 Å². The van der Waals surface area contributed by atoms with Gasteiger partial charge in [0.15, 0.2) is 0 Å². The summed E-state index contributed by atoms with van der Waals surface area (Å²) < 4.78 is 4.83.